The normalized spacial score (nSPS) is 16.6. The molecule has 0 aliphatic carbocycles. The third-order valence-corrected chi connectivity index (χ3v) is 3.26. The molecule has 2 unspecified atom stereocenters. The van der Waals surface area contributed by atoms with Crippen LogP contribution in [0.5, 0.6) is 5.75 Å². The summed E-state index contributed by atoms with van der Waals surface area (Å²) < 4.78 is 30.5. The van der Waals surface area contributed by atoms with Gasteiger partial charge in [-0.2, -0.15) is 0 Å². The molecule has 0 fully saturated rings. The molecule has 2 atom stereocenters. The van der Waals surface area contributed by atoms with E-state index in [1.54, 1.807) is 31.2 Å². The molecule has 1 N–H and O–H groups in total. The van der Waals surface area contributed by atoms with E-state index in [2.05, 4.69) is 0 Å². The molecule has 1 aromatic carbocycles. The first-order chi connectivity index (χ1) is 7.95. The van der Waals surface area contributed by atoms with Crippen LogP contribution in [-0.2, 0) is 5.60 Å². The van der Waals surface area contributed by atoms with Gasteiger partial charge in [0.2, 0.25) is 6.43 Å². The van der Waals surface area contributed by atoms with Gasteiger partial charge >= 0.3 is 0 Å². The van der Waals surface area contributed by atoms with Crippen molar-refractivity contribution >= 4 is 0 Å². The minimum atomic E-state index is -2.55. The van der Waals surface area contributed by atoms with Crippen molar-refractivity contribution in [2.24, 2.45) is 5.92 Å². The largest absolute Gasteiger partial charge is 0.497 e. The Kier molecular flexibility index (Phi) is 4.46. The Hall–Kier alpha value is -1.16. The van der Waals surface area contributed by atoms with Gasteiger partial charge in [0, 0.05) is 0 Å². The zero-order valence-corrected chi connectivity index (χ0v) is 10.3. The lowest BCUT2D eigenvalue weighted by Crippen LogP contribution is -2.36. The number of aliphatic hydroxyl groups is 1. The Morgan fingerprint density at radius 1 is 1.29 bits per heavy atom. The van der Waals surface area contributed by atoms with Gasteiger partial charge in [-0.15, -0.1) is 0 Å². The number of methoxy groups -OCH3 is 1. The van der Waals surface area contributed by atoms with Crippen molar-refractivity contribution in [3.8, 4) is 5.75 Å². The van der Waals surface area contributed by atoms with Crippen molar-refractivity contribution in [3.05, 3.63) is 29.8 Å². The first kappa shape index (κ1) is 13.9. The molecule has 1 rings (SSSR count). The summed E-state index contributed by atoms with van der Waals surface area (Å²) in [6, 6.07) is 6.57. The summed E-state index contributed by atoms with van der Waals surface area (Å²) in [4.78, 5) is 0. The summed E-state index contributed by atoms with van der Waals surface area (Å²) in [6.07, 6.45) is -2.31. The number of halogens is 2. The van der Waals surface area contributed by atoms with E-state index < -0.39 is 17.9 Å². The fourth-order valence-corrected chi connectivity index (χ4v) is 1.88. The third-order valence-electron chi connectivity index (χ3n) is 3.26. The smallest absolute Gasteiger partial charge is 0.244 e. The maximum atomic E-state index is 12.8. The molecule has 0 aliphatic rings. The quantitative estimate of drug-likeness (QED) is 0.862. The first-order valence-electron chi connectivity index (χ1n) is 5.60. The number of hydrogen-bond acceptors (Lipinski definition) is 2. The summed E-state index contributed by atoms with van der Waals surface area (Å²) in [7, 11) is 1.53. The lowest BCUT2D eigenvalue weighted by Gasteiger charge is -2.33. The average molecular weight is 244 g/mol. The van der Waals surface area contributed by atoms with Crippen molar-refractivity contribution < 1.29 is 18.6 Å². The van der Waals surface area contributed by atoms with Crippen LogP contribution in [0, 0.1) is 5.92 Å². The van der Waals surface area contributed by atoms with E-state index >= 15 is 0 Å². The van der Waals surface area contributed by atoms with Crippen molar-refractivity contribution in [2.75, 3.05) is 7.11 Å². The fourth-order valence-electron chi connectivity index (χ4n) is 1.88. The van der Waals surface area contributed by atoms with Gasteiger partial charge in [-0.1, -0.05) is 26.0 Å². The Labute approximate surface area is 100 Å². The molecule has 4 heteroatoms. The van der Waals surface area contributed by atoms with Gasteiger partial charge in [0.15, 0.2) is 0 Å². The molecule has 2 nitrogen and oxygen atoms in total. The van der Waals surface area contributed by atoms with Gasteiger partial charge in [-0.3, -0.25) is 0 Å². The van der Waals surface area contributed by atoms with Crippen LogP contribution in [0.4, 0.5) is 8.78 Å². The molecule has 0 amide bonds. The van der Waals surface area contributed by atoms with Gasteiger partial charge < -0.3 is 9.84 Å². The molecule has 0 heterocycles. The van der Waals surface area contributed by atoms with Gasteiger partial charge in [0.05, 0.1) is 18.6 Å². The van der Waals surface area contributed by atoms with Crippen LogP contribution in [0.15, 0.2) is 24.3 Å². The van der Waals surface area contributed by atoms with Crippen molar-refractivity contribution in [3.63, 3.8) is 0 Å². The highest BCUT2D eigenvalue weighted by Crippen LogP contribution is 2.36. The molecule has 0 aromatic heterocycles. The Balaban J connectivity index is 3.06. The van der Waals surface area contributed by atoms with E-state index in [4.69, 9.17) is 4.74 Å². The summed E-state index contributed by atoms with van der Waals surface area (Å²) in [5.41, 5.74) is -1.01. The average Bonchev–Trinajstić information content (AvgIpc) is 2.36. The molecule has 17 heavy (non-hydrogen) atoms. The zero-order valence-electron chi connectivity index (χ0n) is 10.3. The maximum absolute atomic E-state index is 12.8. The summed E-state index contributed by atoms with van der Waals surface area (Å²) >= 11 is 0. The van der Waals surface area contributed by atoms with Crippen LogP contribution in [-0.4, -0.2) is 18.6 Å². The second kappa shape index (κ2) is 5.45. The highest BCUT2D eigenvalue weighted by atomic mass is 19.3. The van der Waals surface area contributed by atoms with Crippen molar-refractivity contribution in [2.45, 2.75) is 32.3 Å². The van der Waals surface area contributed by atoms with Crippen LogP contribution in [0.25, 0.3) is 0 Å². The van der Waals surface area contributed by atoms with E-state index in [-0.39, 0.29) is 6.42 Å². The van der Waals surface area contributed by atoms with Gasteiger partial charge in [-0.25, -0.2) is 8.78 Å². The number of alkyl halides is 2. The van der Waals surface area contributed by atoms with E-state index in [1.165, 1.54) is 14.0 Å². The van der Waals surface area contributed by atoms with Gasteiger partial charge in [0.1, 0.15) is 5.75 Å². The third kappa shape index (κ3) is 2.75. The molecule has 0 bridgehead atoms. The van der Waals surface area contributed by atoms with Gasteiger partial charge in [0.25, 0.3) is 0 Å². The van der Waals surface area contributed by atoms with Crippen LogP contribution in [0.1, 0.15) is 25.8 Å². The van der Waals surface area contributed by atoms with Crippen LogP contribution in [0.2, 0.25) is 0 Å². The predicted molar refractivity (Wildman–Crippen MR) is 62.3 cm³/mol. The number of hydrogen-bond donors (Lipinski definition) is 1. The summed E-state index contributed by atoms with van der Waals surface area (Å²) in [6.45, 7) is 3.06. The molecule has 0 saturated carbocycles. The van der Waals surface area contributed by atoms with Gasteiger partial charge in [-0.05, 0) is 24.1 Å². The van der Waals surface area contributed by atoms with Crippen molar-refractivity contribution in [1.82, 2.24) is 0 Å². The number of ether oxygens (including phenoxy) is 1. The minimum Gasteiger partial charge on any atom is -0.497 e. The molecular weight excluding hydrogens is 226 g/mol. The number of rotatable bonds is 5. The highest BCUT2D eigenvalue weighted by Gasteiger charge is 2.39. The SMILES string of the molecule is CCC(O)(c1ccc(OC)cc1)C(C)C(F)F. The van der Waals surface area contributed by atoms with E-state index in [0.717, 1.165) is 0 Å². The van der Waals surface area contributed by atoms with E-state index in [0.29, 0.717) is 11.3 Å². The molecule has 0 spiro atoms. The highest BCUT2D eigenvalue weighted by molar-refractivity contribution is 5.31. The topological polar surface area (TPSA) is 29.5 Å². The Morgan fingerprint density at radius 3 is 2.18 bits per heavy atom. The number of benzene rings is 1. The second-order valence-electron chi connectivity index (χ2n) is 4.13. The molecule has 1 aromatic rings. The van der Waals surface area contributed by atoms with Crippen LogP contribution < -0.4 is 4.74 Å². The van der Waals surface area contributed by atoms with E-state index in [1.807, 2.05) is 0 Å². The molecule has 0 aliphatic heterocycles. The minimum absolute atomic E-state index is 0.241. The second-order valence-corrected chi connectivity index (χ2v) is 4.13. The molecular formula is C13H18F2O2. The van der Waals surface area contributed by atoms with Crippen molar-refractivity contribution in [1.29, 1.82) is 0 Å². The van der Waals surface area contributed by atoms with Crippen LogP contribution in [0.3, 0.4) is 0 Å². The molecule has 0 radical (unpaired) electrons. The van der Waals surface area contributed by atoms with Crippen LogP contribution >= 0.6 is 0 Å². The summed E-state index contributed by atoms with van der Waals surface area (Å²) in [5.74, 6) is -0.474. The lowest BCUT2D eigenvalue weighted by molar-refractivity contribution is -0.0847. The molecule has 0 saturated heterocycles. The predicted octanol–water partition coefficient (Wildman–Crippen LogP) is 3.19. The lowest BCUT2D eigenvalue weighted by atomic mass is 9.80. The Bertz CT molecular complexity index is 351. The fraction of sp³-hybridized carbons (Fsp3) is 0.538. The summed E-state index contributed by atoms with van der Waals surface area (Å²) in [5, 5.41) is 10.4. The maximum Gasteiger partial charge on any atom is 0.244 e. The molecule has 96 valence electrons. The Morgan fingerprint density at radius 2 is 1.82 bits per heavy atom. The standard InChI is InChI=1S/C13H18F2O2/c1-4-13(16,9(2)12(14)15)10-5-7-11(17-3)8-6-10/h5-9,12,16H,4H2,1-3H3. The monoisotopic (exact) mass is 244 g/mol. The first-order valence-corrected chi connectivity index (χ1v) is 5.60. The zero-order chi connectivity index (χ0) is 13.1. The van der Waals surface area contributed by atoms with E-state index in [9.17, 15) is 13.9 Å².